The van der Waals surface area contributed by atoms with E-state index in [0.29, 0.717) is 17.4 Å². The van der Waals surface area contributed by atoms with Crippen LogP contribution in [0.3, 0.4) is 0 Å². The van der Waals surface area contributed by atoms with Gasteiger partial charge in [0.05, 0.1) is 0 Å². The maximum Gasteiger partial charge on any atom is 0.167 e. The molecule has 0 spiro atoms. The van der Waals surface area contributed by atoms with E-state index in [1.807, 2.05) is 13.1 Å². The first kappa shape index (κ1) is 12.4. The van der Waals surface area contributed by atoms with Crippen LogP contribution < -0.4 is 10.1 Å². The molecule has 0 bridgehead atoms. The second-order valence-electron chi connectivity index (χ2n) is 4.78. The Morgan fingerprint density at radius 2 is 2.18 bits per heavy atom. The second-order valence-corrected chi connectivity index (χ2v) is 4.78. The zero-order chi connectivity index (χ0) is 12.3. The third kappa shape index (κ3) is 2.97. The van der Waals surface area contributed by atoms with E-state index in [1.165, 1.54) is 6.42 Å². The Labute approximate surface area is 102 Å². The van der Waals surface area contributed by atoms with Crippen LogP contribution in [0.5, 0.6) is 5.75 Å². The van der Waals surface area contributed by atoms with Gasteiger partial charge >= 0.3 is 0 Å². The van der Waals surface area contributed by atoms with E-state index in [4.69, 9.17) is 4.74 Å². The van der Waals surface area contributed by atoms with Crippen molar-refractivity contribution in [2.24, 2.45) is 0 Å². The Morgan fingerprint density at radius 1 is 1.35 bits per heavy atom. The summed E-state index contributed by atoms with van der Waals surface area (Å²) in [6, 6.07) is 5.82. The van der Waals surface area contributed by atoms with E-state index in [1.54, 1.807) is 19.1 Å². The lowest BCUT2D eigenvalue weighted by molar-refractivity contribution is 0.131. The van der Waals surface area contributed by atoms with Gasteiger partial charge in [0, 0.05) is 6.04 Å². The molecule has 1 saturated carbocycles. The molecule has 0 aliphatic heterocycles. The summed E-state index contributed by atoms with van der Waals surface area (Å²) in [5.41, 5.74) is 0.642. The van der Waals surface area contributed by atoms with E-state index in [-0.39, 0.29) is 11.9 Å². The molecule has 1 aliphatic rings. The van der Waals surface area contributed by atoms with Crippen LogP contribution in [0.15, 0.2) is 18.2 Å². The molecule has 3 heteroatoms. The topological polar surface area (TPSA) is 21.3 Å². The Morgan fingerprint density at radius 3 is 2.94 bits per heavy atom. The molecule has 0 amide bonds. The lowest BCUT2D eigenvalue weighted by Gasteiger charge is -2.29. The molecule has 94 valence electrons. The Kier molecular flexibility index (Phi) is 4.00. The van der Waals surface area contributed by atoms with Crippen molar-refractivity contribution in [2.75, 3.05) is 7.05 Å². The minimum absolute atomic E-state index is 0.137. The first-order valence-electron chi connectivity index (χ1n) is 6.29. The highest BCUT2D eigenvalue weighted by atomic mass is 19.1. The Hall–Kier alpha value is -1.09. The SMILES string of the molecule is CNC1CCCC(Oc2cccc(C)c2F)C1. The number of rotatable bonds is 3. The standard InChI is InChI=1S/C14H20FNO/c1-10-5-3-8-13(14(10)15)17-12-7-4-6-11(9-12)16-2/h3,5,8,11-12,16H,4,6-7,9H2,1-2H3. The quantitative estimate of drug-likeness (QED) is 0.872. The van der Waals surface area contributed by atoms with Crippen molar-refractivity contribution in [2.45, 2.75) is 44.8 Å². The van der Waals surface area contributed by atoms with Crippen LogP contribution in [0.25, 0.3) is 0 Å². The van der Waals surface area contributed by atoms with Crippen LogP contribution in [0.2, 0.25) is 0 Å². The van der Waals surface area contributed by atoms with Crippen LogP contribution in [0.4, 0.5) is 4.39 Å². The van der Waals surface area contributed by atoms with Crippen LogP contribution >= 0.6 is 0 Å². The molecule has 1 aliphatic carbocycles. The summed E-state index contributed by atoms with van der Waals surface area (Å²) in [6.07, 6.45) is 4.45. The van der Waals surface area contributed by atoms with E-state index in [0.717, 1.165) is 19.3 Å². The fraction of sp³-hybridized carbons (Fsp3) is 0.571. The zero-order valence-corrected chi connectivity index (χ0v) is 10.5. The molecule has 2 nitrogen and oxygen atoms in total. The molecule has 0 saturated heterocycles. The molecule has 0 radical (unpaired) electrons. The summed E-state index contributed by atoms with van der Waals surface area (Å²) >= 11 is 0. The number of hydrogen-bond acceptors (Lipinski definition) is 2. The van der Waals surface area contributed by atoms with Crippen molar-refractivity contribution < 1.29 is 9.13 Å². The van der Waals surface area contributed by atoms with Gasteiger partial charge in [0.15, 0.2) is 11.6 Å². The monoisotopic (exact) mass is 237 g/mol. The van der Waals surface area contributed by atoms with Gasteiger partial charge in [-0.25, -0.2) is 4.39 Å². The summed E-state index contributed by atoms with van der Waals surface area (Å²) in [5.74, 6) is 0.172. The molecule has 0 aromatic heterocycles. The lowest BCUT2D eigenvalue weighted by Crippen LogP contribution is -2.36. The fourth-order valence-electron chi connectivity index (χ4n) is 2.41. The fourth-order valence-corrected chi connectivity index (χ4v) is 2.41. The average molecular weight is 237 g/mol. The van der Waals surface area contributed by atoms with Crippen LogP contribution in [0.1, 0.15) is 31.2 Å². The van der Waals surface area contributed by atoms with Crippen molar-refractivity contribution >= 4 is 0 Å². The van der Waals surface area contributed by atoms with Gasteiger partial charge in [-0.2, -0.15) is 0 Å². The molecule has 1 fully saturated rings. The highest BCUT2D eigenvalue weighted by Gasteiger charge is 2.23. The largest absolute Gasteiger partial charge is 0.487 e. The van der Waals surface area contributed by atoms with Crippen molar-refractivity contribution in [1.29, 1.82) is 0 Å². The highest BCUT2D eigenvalue weighted by molar-refractivity contribution is 5.30. The molecular formula is C14H20FNO. The average Bonchev–Trinajstić information content (AvgIpc) is 2.35. The van der Waals surface area contributed by atoms with Gasteiger partial charge in [0.25, 0.3) is 0 Å². The van der Waals surface area contributed by atoms with E-state index < -0.39 is 0 Å². The predicted molar refractivity (Wildman–Crippen MR) is 66.9 cm³/mol. The lowest BCUT2D eigenvalue weighted by atomic mass is 9.93. The minimum atomic E-state index is -0.223. The molecule has 0 heterocycles. The number of ether oxygens (including phenoxy) is 1. The van der Waals surface area contributed by atoms with Crippen LogP contribution in [0, 0.1) is 12.7 Å². The molecule has 2 rings (SSSR count). The predicted octanol–water partition coefficient (Wildman–Crippen LogP) is 3.04. The smallest absolute Gasteiger partial charge is 0.167 e. The summed E-state index contributed by atoms with van der Waals surface area (Å²) in [6.45, 7) is 1.76. The Balaban J connectivity index is 2.02. The molecule has 2 atom stereocenters. The molecule has 1 aromatic carbocycles. The molecule has 17 heavy (non-hydrogen) atoms. The molecule has 1 aromatic rings. The molecule has 1 N–H and O–H groups in total. The zero-order valence-electron chi connectivity index (χ0n) is 10.5. The first-order chi connectivity index (χ1) is 8.20. The van der Waals surface area contributed by atoms with Crippen molar-refractivity contribution in [3.05, 3.63) is 29.6 Å². The maximum atomic E-state index is 13.8. The van der Waals surface area contributed by atoms with Crippen molar-refractivity contribution in [1.82, 2.24) is 5.32 Å². The van der Waals surface area contributed by atoms with E-state index >= 15 is 0 Å². The van der Waals surface area contributed by atoms with E-state index in [9.17, 15) is 4.39 Å². The van der Waals surface area contributed by atoms with Gasteiger partial charge in [-0.05, 0) is 51.3 Å². The summed E-state index contributed by atoms with van der Waals surface area (Å²) < 4.78 is 19.6. The van der Waals surface area contributed by atoms with Crippen LogP contribution in [-0.4, -0.2) is 19.2 Å². The Bertz CT molecular complexity index is 380. The molecule has 2 unspecified atom stereocenters. The number of aryl methyl sites for hydroxylation is 1. The van der Waals surface area contributed by atoms with E-state index in [2.05, 4.69) is 5.32 Å². The maximum absolute atomic E-state index is 13.8. The normalized spacial score (nSPS) is 24.6. The first-order valence-corrected chi connectivity index (χ1v) is 6.29. The summed E-state index contributed by atoms with van der Waals surface area (Å²) in [7, 11) is 1.97. The summed E-state index contributed by atoms with van der Waals surface area (Å²) in [4.78, 5) is 0. The minimum Gasteiger partial charge on any atom is -0.487 e. The number of hydrogen-bond donors (Lipinski definition) is 1. The highest BCUT2D eigenvalue weighted by Crippen LogP contribution is 2.26. The summed E-state index contributed by atoms with van der Waals surface area (Å²) in [5, 5.41) is 3.27. The van der Waals surface area contributed by atoms with Crippen molar-refractivity contribution in [3.8, 4) is 5.75 Å². The molecular weight excluding hydrogens is 217 g/mol. The third-order valence-corrected chi connectivity index (χ3v) is 3.48. The van der Waals surface area contributed by atoms with Gasteiger partial charge < -0.3 is 10.1 Å². The van der Waals surface area contributed by atoms with Gasteiger partial charge in [0.2, 0.25) is 0 Å². The second kappa shape index (κ2) is 5.50. The van der Waals surface area contributed by atoms with Gasteiger partial charge in [0.1, 0.15) is 6.10 Å². The number of benzene rings is 1. The number of halogens is 1. The van der Waals surface area contributed by atoms with Crippen molar-refractivity contribution in [3.63, 3.8) is 0 Å². The van der Waals surface area contributed by atoms with Crippen LogP contribution in [-0.2, 0) is 0 Å². The van der Waals surface area contributed by atoms with Gasteiger partial charge in [-0.3, -0.25) is 0 Å². The number of nitrogens with one attached hydrogen (secondary N) is 1. The van der Waals surface area contributed by atoms with Gasteiger partial charge in [-0.15, -0.1) is 0 Å². The third-order valence-electron chi connectivity index (χ3n) is 3.48. The van der Waals surface area contributed by atoms with Gasteiger partial charge in [-0.1, -0.05) is 12.1 Å².